The third-order valence-electron chi connectivity index (χ3n) is 1.21. The van der Waals surface area contributed by atoms with Crippen molar-refractivity contribution in [2.75, 3.05) is 6.61 Å². The molecule has 0 aliphatic heterocycles. The number of carbonyl (C=O) groups is 1. The van der Waals surface area contributed by atoms with Gasteiger partial charge in [0.05, 0.1) is 13.0 Å². The largest absolute Gasteiger partial charge is 0.598 e. The molecule has 0 aliphatic carbocycles. The Morgan fingerprint density at radius 2 is 2.33 bits per heavy atom. The third kappa shape index (κ3) is 5.03. The van der Waals surface area contributed by atoms with Gasteiger partial charge in [0.15, 0.2) is 0 Å². The minimum Gasteiger partial charge on any atom is -0.598 e. The molecule has 0 bridgehead atoms. The van der Waals surface area contributed by atoms with E-state index in [0.717, 1.165) is 0 Å². The number of hydroxylamine groups is 2. The average Bonchev–Trinajstić information content (AvgIpc) is 2.00. The maximum atomic E-state index is 10.6. The lowest BCUT2D eigenvalue weighted by atomic mass is 10.3. The zero-order valence-electron chi connectivity index (χ0n) is 6.82. The Morgan fingerprint density at radius 1 is 1.75 bits per heavy atom. The fraction of sp³-hybridized carbons (Fsp3) is 0.833. The van der Waals surface area contributed by atoms with Crippen LogP contribution in [0.2, 0.25) is 0 Å². The second kappa shape index (κ2) is 5.90. The highest BCUT2D eigenvalue weighted by atomic mass is 16.8. The first-order valence-electron chi connectivity index (χ1n) is 3.64. The van der Waals surface area contributed by atoms with Gasteiger partial charge in [-0.15, -0.1) is 0 Å². The van der Waals surface area contributed by atoms with E-state index in [1.165, 1.54) is 0 Å². The van der Waals surface area contributed by atoms with E-state index in [0.29, 0.717) is 0 Å². The van der Waals surface area contributed by atoms with Crippen molar-refractivity contribution in [1.29, 1.82) is 0 Å². The average molecular weight is 179 g/mol. The molecule has 0 amide bonds. The molecular weight excluding hydrogens is 166 g/mol. The molecule has 6 heteroatoms. The summed E-state index contributed by atoms with van der Waals surface area (Å²) < 4.78 is 4.53. The number of nitrogens with one attached hydrogen (secondary N) is 1. The Labute approximate surface area is 69.9 Å². The van der Waals surface area contributed by atoms with Crippen molar-refractivity contribution in [3.8, 4) is 0 Å². The fourth-order valence-electron chi connectivity index (χ4n) is 0.611. The Bertz CT molecular complexity index is 138. The molecule has 0 aromatic heterocycles. The molecule has 0 fully saturated rings. The quantitative estimate of drug-likeness (QED) is 0.269. The van der Waals surface area contributed by atoms with E-state index >= 15 is 0 Å². The van der Waals surface area contributed by atoms with Crippen LogP contribution in [-0.2, 0) is 9.53 Å². The van der Waals surface area contributed by atoms with Crippen molar-refractivity contribution in [2.24, 2.45) is 0 Å². The van der Waals surface area contributed by atoms with E-state index < -0.39 is 17.4 Å². The molecule has 0 rings (SSSR count). The summed E-state index contributed by atoms with van der Waals surface area (Å²) in [5, 5.41) is 25.7. The molecule has 0 saturated carbocycles. The Kier molecular flexibility index (Phi) is 5.56. The maximum Gasteiger partial charge on any atom is 0.306 e. The number of esters is 1. The summed E-state index contributed by atoms with van der Waals surface area (Å²) in [6.45, 7) is 1.92. The SMILES string of the molecule is CCOC(=O)CCC(O)[NH+]([O-])O. The van der Waals surface area contributed by atoms with E-state index in [9.17, 15) is 10.0 Å². The van der Waals surface area contributed by atoms with Gasteiger partial charge in [0.25, 0.3) is 0 Å². The van der Waals surface area contributed by atoms with Crippen LogP contribution in [-0.4, -0.2) is 29.1 Å². The topological polar surface area (TPSA) is 94.3 Å². The van der Waals surface area contributed by atoms with E-state index in [1.807, 2.05) is 0 Å². The number of carbonyl (C=O) groups excluding carboxylic acids is 1. The summed E-state index contributed by atoms with van der Waals surface area (Å²) >= 11 is 0. The highest BCUT2D eigenvalue weighted by Gasteiger charge is 2.12. The number of ether oxygens (including phenoxy) is 1. The molecule has 0 aromatic rings. The van der Waals surface area contributed by atoms with Gasteiger partial charge in [-0.3, -0.25) is 4.79 Å². The van der Waals surface area contributed by atoms with Gasteiger partial charge >= 0.3 is 5.97 Å². The lowest BCUT2D eigenvalue weighted by Crippen LogP contribution is -3.09. The Balaban J connectivity index is 3.47. The number of hydrogen-bond donors (Lipinski definition) is 3. The molecule has 3 N–H and O–H groups in total. The molecule has 0 saturated heterocycles. The highest BCUT2D eigenvalue weighted by Crippen LogP contribution is 1.93. The second-order valence-corrected chi connectivity index (χ2v) is 2.20. The van der Waals surface area contributed by atoms with Crippen molar-refractivity contribution in [3.63, 3.8) is 0 Å². The minimum atomic E-state index is -1.48. The Hall–Kier alpha value is -0.690. The third-order valence-corrected chi connectivity index (χ3v) is 1.21. The van der Waals surface area contributed by atoms with Crippen LogP contribution in [0.3, 0.4) is 0 Å². The van der Waals surface area contributed by atoms with Crippen molar-refractivity contribution in [3.05, 3.63) is 5.21 Å². The standard InChI is InChI=1S/C6H13NO5/c1-2-12-6(9)4-3-5(8)7(10)11/h5,7-8,10H,2-4H2,1H3. The van der Waals surface area contributed by atoms with E-state index in [-0.39, 0.29) is 19.4 Å². The van der Waals surface area contributed by atoms with Crippen LogP contribution < -0.4 is 5.23 Å². The summed E-state index contributed by atoms with van der Waals surface area (Å²) in [6, 6.07) is 0. The summed E-state index contributed by atoms with van der Waals surface area (Å²) in [4.78, 5) is 10.6. The van der Waals surface area contributed by atoms with Gasteiger partial charge in [0.2, 0.25) is 6.23 Å². The molecule has 0 spiro atoms. The van der Waals surface area contributed by atoms with Crippen molar-refractivity contribution in [1.82, 2.24) is 0 Å². The van der Waals surface area contributed by atoms with Crippen molar-refractivity contribution >= 4 is 5.97 Å². The van der Waals surface area contributed by atoms with Gasteiger partial charge in [0.1, 0.15) is 0 Å². The molecular formula is C6H13NO5. The predicted octanol–water partition coefficient (Wildman–Crippen LogP) is -1.58. The zero-order valence-corrected chi connectivity index (χ0v) is 6.82. The number of aliphatic hydroxyl groups is 1. The highest BCUT2D eigenvalue weighted by molar-refractivity contribution is 5.69. The van der Waals surface area contributed by atoms with Gasteiger partial charge in [0, 0.05) is 6.42 Å². The number of aliphatic hydroxyl groups excluding tert-OH is 1. The van der Waals surface area contributed by atoms with Crippen LogP contribution >= 0.6 is 0 Å². The van der Waals surface area contributed by atoms with Crippen LogP contribution in [0.4, 0.5) is 0 Å². The number of quaternary nitrogens is 1. The first kappa shape index (κ1) is 11.3. The monoisotopic (exact) mass is 179 g/mol. The number of hydrogen-bond acceptors (Lipinski definition) is 5. The lowest BCUT2D eigenvalue weighted by Gasteiger charge is -2.18. The Morgan fingerprint density at radius 3 is 2.75 bits per heavy atom. The van der Waals surface area contributed by atoms with Gasteiger partial charge in [-0.1, -0.05) is 0 Å². The smallest absolute Gasteiger partial charge is 0.306 e. The van der Waals surface area contributed by atoms with Crippen LogP contribution in [0, 0.1) is 5.21 Å². The summed E-state index contributed by atoms with van der Waals surface area (Å²) in [5.74, 6) is -0.488. The van der Waals surface area contributed by atoms with E-state index in [4.69, 9.17) is 10.3 Å². The zero-order chi connectivity index (χ0) is 9.56. The molecule has 0 heterocycles. The summed E-state index contributed by atoms with van der Waals surface area (Å²) in [7, 11) is 0. The maximum absolute atomic E-state index is 10.6. The predicted molar refractivity (Wildman–Crippen MR) is 38.0 cm³/mol. The van der Waals surface area contributed by atoms with Crippen LogP contribution in [0.5, 0.6) is 0 Å². The van der Waals surface area contributed by atoms with Crippen LogP contribution in [0.1, 0.15) is 19.8 Å². The van der Waals surface area contributed by atoms with Gasteiger partial charge in [-0.25, -0.2) is 10.4 Å². The van der Waals surface area contributed by atoms with Gasteiger partial charge < -0.3 is 15.1 Å². The van der Waals surface area contributed by atoms with E-state index in [1.54, 1.807) is 6.92 Å². The molecule has 6 nitrogen and oxygen atoms in total. The number of rotatable bonds is 5. The normalized spacial score (nSPS) is 15.3. The fourth-order valence-corrected chi connectivity index (χ4v) is 0.611. The summed E-state index contributed by atoms with van der Waals surface area (Å²) in [6.07, 6.45) is -1.65. The molecule has 72 valence electrons. The molecule has 0 radical (unpaired) electrons. The first-order valence-corrected chi connectivity index (χ1v) is 3.64. The van der Waals surface area contributed by atoms with Gasteiger partial charge in [-0.2, -0.15) is 0 Å². The second-order valence-electron chi connectivity index (χ2n) is 2.20. The lowest BCUT2D eigenvalue weighted by molar-refractivity contribution is -1.08. The van der Waals surface area contributed by atoms with Crippen LogP contribution in [0.15, 0.2) is 0 Å². The van der Waals surface area contributed by atoms with Crippen molar-refractivity contribution < 1.29 is 25.1 Å². The summed E-state index contributed by atoms with van der Waals surface area (Å²) in [5.41, 5.74) is 0. The molecule has 0 aliphatic rings. The molecule has 12 heavy (non-hydrogen) atoms. The van der Waals surface area contributed by atoms with Crippen LogP contribution in [0.25, 0.3) is 0 Å². The van der Waals surface area contributed by atoms with Gasteiger partial charge in [-0.05, 0) is 6.92 Å². The van der Waals surface area contributed by atoms with E-state index in [2.05, 4.69) is 4.74 Å². The molecule has 0 aromatic carbocycles. The van der Waals surface area contributed by atoms with Crippen molar-refractivity contribution in [2.45, 2.75) is 26.0 Å². The first-order chi connectivity index (χ1) is 5.57. The minimum absolute atomic E-state index is 0.0681. The molecule has 2 atom stereocenters. The molecule has 2 unspecified atom stereocenters.